The van der Waals surface area contributed by atoms with Gasteiger partial charge < -0.3 is 0 Å². The third-order valence-corrected chi connectivity index (χ3v) is 19.7. The fraction of sp³-hybridized carbons (Fsp3) is 0.586. The fourth-order valence-electron chi connectivity index (χ4n) is 14.3. The van der Waals surface area contributed by atoms with E-state index in [9.17, 15) is 0 Å². The van der Waals surface area contributed by atoms with Gasteiger partial charge in [0.15, 0.2) is 0 Å². The van der Waals surface area contributed by atoms with Crippen LogP contribution in [0.15, 0.2) is 170 Å². The van der Waals surface area contributed by atoms with Gasteiger partial charge in [0.05, 0.1) is 0 Å². The summed E-state index contributed by atoms with van der Waals surface area (Å²) in [7, 11) is 0. The van der Waals surface area contributed by atoms with Gasteiger partial charge >= 0.3 is 0 Å². The molecule has 0 bridgehead atoms. The molecule has 0 heteroatoms. The molecule has 8 aromatic carbocycles. The quantitative estimate of drug-likeness (QED) is 0.114. The Morgan fingerprint density at radius 3 is 0.940 bits per heavy atom. The average Bonchev–Trinajstić information content (AvgIpc) is 0.699. The number of rotatable bonds is 12. The van der Waals surface area contributed by atoms with Crippen molar-refractivity contribution in [3.05, 3.63) is 281 Å². The lowest BCUT2D eigenvalue weighted by Crippen LogP contribution is -2.24. The molecule has 8 aromatic rings. The van der Waals surface area contributed by atoms with E-state index < -0.39 is 112 Å². The molecule has 2 atom stereocenters. The van der Waals surface area contributed by atoms with Crippen molar-refractivity contribution >= 4 is 0 Å². The Labute approximate surface area is 765 Å². The highest BCUT2D eigenvalue weighted by atomic mass is 14.4. The summed E-state index contributed by atoms with van der Waals surface area (Å²) in [6.45, 7) is 64.9. The van der Waals surface area contributed by atoms with E-state index in [-0.39, 0.29) is 72.3 Å². The summed E-state index contributed by atoms with van der Waals surface area (Å²) in [6, 6.07) is 52.4. The van der Waals surface area contributed by atoms with Crippen molar-refractivity contribution in [2.24, 2.45) is 17.8 Å². The summed E-state index contributed by atoms with van der Waals surface area (Å²) < 4.78 is 239. The first kappa shape index (κ1) is 66.5. The maximum atomic E-state index is 8.83. The number of aryl methyl sites for hydroxylation is 3. The minimum atomic E-state index is -3.31. The molecule has 8 rings (SSSR count). The van der Waals surface area contributed by atoms with Crippen molar-refractivity contribution in [1.29, 1.82) is 0 Å². The van der Waals surface area contributed by atoms with Gasteiger partial charge in [-0.1, -0.05) is 474 Å². The second-order valence-corrected chi connectivity index (χ2v) is 41.7. The number of hydrogen-bond acceptors (Lipinski definition) is 0. The molecule has 2 unspecified atom stereocenters. The predicted octanol–water partition coefficient (Wildman–Crippen LogP) is 36.3. The third kappa shape index (κ3) is 35.6. The highest BCUT2D eigenvalue weighted by Gasteiger charge is 2.31. The third-order valence-electron chi connectivity index (χ3n) is 19.7. The summed E-state index contributed by atoms with van der Waals surface area (Å²) in [4.78, 5) is 0. The first-order valence-electron chi connectivity index (χ1n) is 57.1. The van der Waals surface area contributed by atoms with E-state index in [0.29, 0.717) is 11.1 Å². The van der Waals surface area contributed by atoms with E-state index in [2.05, 4.69) is 206 Å². The fourth-order valence-corrected chi connectivity index (χ4v) is 14.3. The van der Waals surface area contributed by atoms with Crippen molar-refractivity contribution < 1.29 is 41.1 Å². The first-order valence-corrected chi connectivity index (χ1v) is 42.1. The molecule has 0 saturated heterocycles. The van der Waals surface area contributed by atoms with E-state index in [1.807, 2.05) is 171 Å². The van der Waals surface area contributed by atoms with Crippen LogP contribution in [-0.4, -0.2) is 0 Å². The Morgan fingerprint density at radius 1 is 0.267 bits per heavy atom. The SMILES string of the molecule is Cc1ccccc1C(C)(C)C.[2H]C(C)(C)c1cccc(C(C)(C)C)c1C(C)(C)C.[2H]C(C)(C)c1ccccc1C(C)(C)C.[2H]C([2H])([2H])C([2H])(c1cccc(C([2H])(C([2H])([2H])[2H])C([2H])([2H])C)c1C(C)(C)C)C([2H])([2H])[2H].[2H]C([2H])([2H])C([2H])(c1ccccc1C(C)(C)C)C([2H])([2H])[2H].[2H]C([2H])([2H])c1cccc(C)c1C(C)(C)C.[2H]C([2H])(c1cccc(C([2H])(C)C(C)C)c1C(C)(C)C)C(C)C.[2H]C([2H])(c1ccccc1C(C)(C)C)C(C)C. The zero-order valence-electron chi connectivity index (χ0n) is 111. The molecule has 0 aliphatic carbocycles. The minimum absolute atomic E-state index is 0.0150. The standard InChI is InChI=1S/C19H32.2C17H28.C14H22.2C13H20.C12H18.C11H16/c1-13(2)12-16-10-9-11-17(15(5)14(3)4)18(16)19(6,7)8;1-12(2)13-10-9-11-14(16(3,4)5)15(13)17(6,7)8;1-8-13(4)15-11-9-10-14(12(2)3)16(15)17(5,6)7;1-11(2)10-12-8-6-7-9-13(12)14(3,4)5;2*1-10(2)11-8-6-7-9-12(11)13(3,4)5;1-9-7-6-8-10(2)11(9)12(3,4)5;1-9-7-5-6-8-10(9)11(2,3)4/h9-11,13-15H,12H2,1-8H3;9-12H,1-8H3;9-13H,8H2,1-7H3;6-9,11H,10H2,1-5H3;2*6-10H,1-5H3;6-8H,1-5H3;5-8H,1-4H3/i12D2,15D;12D;2D3,3D3,4D3,8D2,12D,13D;10D2;1D3,2D3,10D;10D;1D3;. The highest BCUT2D eigenvalue weighted by Crippen LogP contribution is 2.42. The predicted molar refractivity (Wildman–Crippen MR) is 529 cm³/mol. The zero-order valence-corrected chi connectivity index (χ0v) is 80.9. The summed E-state index contributed by atoms with van der Waals surface area (Å²) in [5.74, 6) is -10.4. The van der Waals surface area contributed by atoms with Crippen LogP contribution in [0.4, 0.5) is 0 Å². The smallest absolute Gasteiger partial charge is 0.0352 e. The van der Waals surface area contributed by atoms with Gasteiger partial charge in [-0.15, -0.1) is 0 Å². The van der Waals surface area contributed by atoms with Gasteiger partial charge in [-0.25, -0.2) is 0 Å². The molecule has 0 saturated carbocycles. The van der Waals surface area contributed by atoms with Crippen LogP contribution < -0.4 is 0 Å². The lowest BCUT2D eigenvalue weighted by atomic mass is 9.71. The van der Waals surface area contributed by atoms with E-state index in [4.69, 9.17) is 41.1 Å². The lowest BCUT2D eigenvalue weighted by molar-refractivity contribution is 0.503. The van der Waals surface area contributed by atoms with Crippen molar-refractivity contribution in [1.82, 2.24) is 0 Å². The Kier molecular flexibility index (Phi) is 26.3. The normalized spacial score (nSPS) is 18.6. The van der Waals surface area contributed by atoms with Crippen LogP contribution in [0.25, 0.3) is 0 Å². The monoisotopic (exact) mass is 1610 g/mol. The molecular formula is C116H184. The van der Waals surface area contributed by atoms with E-state index in [1.165, 1.54) is 46.0 Å². The number of benzene rings is 8. The van der Waals surface area contributed by atoms with Crippen LogP contribution in [0.5, 0.6) is 0 Å². The lowest BCUT2D eigenvalue weighted by Gasteiger charge is -2.33. The van der Waals surface area contributed by atoms with Gasteiger partial charge in [-0.2, -0.15) is 0 Å². The molecule has 0 aliphatic rings. The number of hydrogen-bond donors (Lipinski definition) is 0. The second kappa shape index (κ2) is 46.0. The first-order chi connectivity index (χ1) is 64.2. The molecule has 116 heavy (non-hydrogen) atoms. The van der Waals surface area contributed by atoms with Gasteiger partial charge in [0.1, 0.15) is 0 Å². The maximum Gasteiger partial charge on any atom is 0.0352 e. The van der Waals surface area contributed by atoms with Crippen molar-refractivity contribution in [2.45, 2.75) is 428 Å². The maximum absolute atomic E-state index is 8.83. The molecule has 0 nitrogen and oxygen atoms in total. The molecule has 0 aliphatic heterocycles. The van der Waals surface area contributed by atoms with Crippen LogP contribution in [0.3, 0.4) is 0 Å². The van der Waals surface area contributed by atoms with Gasteiger partial charge in [-0.05, 0) is 253 Å². The van der Waals surface area contributed by atoms with Crippen LogP contribution in [0, 0.1) is 38.5 Å². The molecule has 0 fully saturated rings. The zero-order chi connectivity index (χ0) is 116. The molecule has 0 aromatic heterocycles. The summed E-state index contributed by atoms with van der Waals surface area (Å²) >= 11 is 0. The van der Waals surface area contributed by atoms with E-state index in [0.717, 1.165) is 63.1 Å². The summed E-state index contributed by atoms with van der Waals surface area (Å²) in [5.41, 5.74) is 14.6. The summed E-state index contributed by atoms with van der Waals surface area (Å²) in [5, 5.41) is 0. The molecule has 648 valence electrons. The van der Waals surface area contributed by atoms with Crippen LogP contribution in [-0.2, 0) is 61.5 Å². The molecular weight excluding hydrogens is 1390 g/mol. The Balaban J connectivity index is 0.000000847. The highest BCUT2D eigenvalue weighted by molar-refractivity contribution is 5.48. The molecule has 0 N–H and O–H groups in total. The van der Waals surface area contributed by atoms with Gasteiger partial charge in [0, 0.05) is 41.1 Å². The second-order valence-electron chi connectivity index (χ2n) is 41.7. The Bertz CT molecular complexity index is 5270. The van der Waals surface area contributed by atoms with Crippen molar-refractivity contribution in [3.8, 4) is 0 Å². The molecule has 0 spiro atoms. The average molecular weight is 1610 g/mol. The Morgan fingerprint density at radius 2 is 0.578 bits per heavy atom. The molecule has 0 heterocycles. The molecule has 0 radical (unpaired) electrons. The van der Waals surface area contributed by atoms with Crippen molar-refractivity contribution in [3.63, 3.8) is 0 Å². The molecule has 0 amide bonds. The largest absolute Gasteiger partial charge is 0.0648 e. The van der Waals surface area contributed by atoms with E-state index in [1.54, 1.807) is 45.0 Å². The van der Waals surface area contributed by atoms with Gasteiger partial charge in [0.2, 0.25) is 0 Å². The van der Waals surface area contributed by atoms with E-state index >= 15 is 0 Å². The van der Waals surface area contributed by atoms with Crippen LogP contribution in [0.1, 0.15) is 498 Å². The Hall–Kier alpha value is -6.24. The summed E-state index contributed by atoms with van der Waals surface area (Å²) in [6.07, 6.45) is -5.27. The topological polar surface area (TPSA) is 0 Å². The van der Waals surface area contributed by atoms with Crippen LogP contribution in [0.2, 0.25) is 0 Å². The van der Waals surface area contributed by atoms with Gasteiger partial charge in [0.25, 0.3) is 0 Å². The minimum Gasteiger partial charge on any atom is -0.0648 e. The van der Waals surface area contributed by atoms with Gasteiger partial charge in [-0.3, -0.25) is 0 Å². The van der Waals surface area contributed by atoms with Crippen LogP contribution >= 0.6 is 0 Å². The van der Waals surface area contributed by atoms with Crippen molar-refractivity contribution in [2.75, 3.05) is 0 Å².